The highest BCUT2D eigenvalue weighted by atomic mass is 32.1. The van der Waals surface area contributed by atoms with Gasteiger partial charge in [0.1, 0.15) is 0 Å². The maximum atomic E-state index is 10.1. The van der Waals surface area contributed by atoms with Crippen LogP contribution in [0, 0.1) is 0 Å². The van der Waals surface area contributed by atoms with Gasteiger partial charge in [-0.1, -0.05) is 30.3 Å². The Morgan fingerprint density at radius 1 is 1.07 bits per heavy atom. The number of ether oxygens (including phenoxy) is 3. The maximum Gasteiger partial charge on any atom is 0.206 e. The first kappa shape index (κ1) is 20.6. The van der Waals surface area contributed by atoms with E-state index in [9.17, 15) is 5.11 Å². The molecule has 1 N–H and O–H groups in total. The van der Waals surface area contributed by atoms with E-state index >= 15 is 0 Å². The lowest BCUT2D eigenvalue weighted by atomic mass is 10.2. The van der Waals surface area contributed by atoms with Crippen LogP contribution in [0.1, 0.15) is 5.56 Å². The van der Waals surface area contributed by atoms with E-state index in [0.717, 1.165) is 21.6 Å². The molecule has 0 aliphatic heterocycles. The Morgan fingerprint density at radius 3 is 2.38 bits per heavy atom. The van der Waals surface area contributed by atoms with E-state index in [0.29, 0.717) is 24.7 Å². The maximum absolute atomic E-state index is 10.1. The fourth-order valence-electron chi connectivity index (χ4n) is 2.67. The molecule has 3 rings (SSSR count). The number of aromatic hydroxyl groups is 1. The second-order valence-electron chi connectivity index (χ2n) is 5.97. The Hall–Kier alpha value is -3.10. The van der Waals surface area contributed by atoms with Gasteiger partial charge in [-0.15, -0.1) is 11.3 Å². The van der Waals surface area contributed by atoms with Crippen molar-refractivity contribution in [1.82, 2.24) is 4.68 Å². The number of hydrogen-bond acceptors (Lipinski definition) is 7. The number of hydrogen-bond donors (Lipinski definition) is 1. The summed E-state index contributed by atoms with van der Waals surface area (Å²) in [7, 11) is 4.63. The molecule has 0 radical (unpaired) electrons. The van der Waals surface area contributed by atoms with Gasteiger partial charge in [-0.25, -0.2) is 4.68 Å². The van der Waals surface area contributed by atoms with Crippen LogP contribution in [0.2, 0.25) is 0 Å². The highest BCUT2D eigenvalue weighted by Crippen LogP contribution is 2.36. The first-order chi connectivity index (χ1) is 14.2. The summed E-state index contributed by atoms with van der Waals surface area (Å²) in [6, 6.07) is 13.4. The first-order valence-electron chi connectivity index (χ1n) is 8.92. The summed E-state index contributed by atoms with van der Waals surface area (Å²) in [6.45, 7) is 1.08. The molecule has 2 aromatic carbocycles. The van der Waals surface area contributed by atoms with Crippen molar-refractivity contribution in [2.45, 2.75) is 0 Å². The highest BCUT2D eigenvalue weighted by Gasteiger charge is 2.11. The number of benzene rings is 2. The fourth-order valence-corrected chi connectivity index (χ4v) is 3.54. The summed E-state index contributed by atoms with van der Waals surface area (Å²) in [4.78, 5) is 5.35. The van der Waals surface area contributed by atoms with Crippen LogP contribution in [-0.2, 0) is 4.74 Å². The Labute approximate surface area is 173 Å². The zero-order chi connectivity index (χ0) is 20.6. The molecule has 0 fully saturated rings. The van der Waals surface area contributed by atoms with E-state index in [1.54, 1.807) is 30.1 Å². The Kier molecular flexibility index (Phi) is 7.04. The molecule has 3 aromatic rings. The third-order valence-electron chi connectivity index (χ3n) is 4.12. The largest absolute Gasteiger partial charge is 0.502 e. The summed E-state index contributed by atoms with van der Waals surface area (Å²) in [5.41, 5.74) is 2.69. The summed E-state index contributed by atoms with van der Waals surface area (Å²) < 4.78 is 17.3. The number of thiazole rings is 1. The molecule has 0 bridgehead atoms. The van der Waals surface area contributed by atoms with Gasteiger partial charge in [-0.2, -0.15) is 5.10 Å². The van der Waals surface area contributed by atoms with E-state index in [2.05, 4.69) is 10.1 Å². The predicted molar refractivity (Wildman–Crippen MR) is 114 cm³/mol. The van der Waals surface area contributed by atoms with Crippen LogP contribution in [0.25, 0.3) is 11.3 Å². The Morgan fingerprint density at radius 2 is 1.76 bits per heavy atom. The lowest BCUT2D eigenvalue weighted by Gasteiger charge is -2.09. The van der Waals surface area contributed by atoms with Crippen LogP contribution in [0.4, 0.5) is 0 Å². The summed E-state index contributed by atoms with van der Waals surface area (Å²) in [5, 5.41) is 16.8. The van der Waals surface area contributed by atoms with Crippen molar-refractivity contribution in [3.63, 3.8) is 0 Å². The van der Waals surface area contributed by atoms with Crippen LogP contribution in [0.5, 0.6) is 17.2 Å². The molecule has 0 atom stereocenters. The second-order valence-corrected chi connectivity index (χ2v) is 6.81. The van der Waals surface area contributed by atoms with Gasteiger partial charge in [-0.05, 0) is 12.1 Å². The van der Waals surface area contributed by atoms with Crippen molar-refractivity contribution in [2.75, 3.05) is 34.5 Å². The van der Waals surface area contributed by atoms with Crippen LogP contribution in [0.3, 0.4) is 0 Å². The standard InChI is InChI=1S/C21H23N3O4S/c1-26-10-9-22-21-24(17(14-29-21)16-7-5-4-6-8-16)23-13-15-11-18(27-2)20(25)19(12-15)28-3/h4-8,11-14,25H,9-10H2,1-3H3/b22-21?,23-13+. The minimum Gasteiger partial charge on any atom is -0.502 e. The minimum atomic E-state index is -0.0458. The predicted octanol–water partition coefficient (Wildman–Crippen LogP) is 3.37. The van der Waals surface area contributed by atoms with E-state index < -0.39 is 0 Å². The lowest BCUT2D eigenvalue weighted by molar-refractivity contribution is 0.207. The Bertz CT molecular complexity index is 1020. The molecule has 0 unspecified atom stereocenters. The number of nitrogens with zero attached hydrogens (tertiary/aromatic N) is 3. The Balaban J connectivity index is 2.05. The topological polar surface area (TPSA) is 77.6 Å². The van der Waals surface area contributed by atoms with E-state index in [1.807, 2.05) is 35.7 Å². The van der Waals surface area contributed by atoms with Crippen LogP contribution in [-0.4, -0.2) is 50.5 Å². The van der Waals surface area contributed by atoms with Crippen LogP contribution >= 0.6 is 11.3 Å². The molecular formula is C21H23N3O4S. The third kappa shape index (κ3) is 4.85. The normalized spacial score (nSPS) is 11.9. The number of methoxy groups -OCH3 is 3. The first-order valence-corrected chi connectivity index (χ1v) is 9.80. The SMILES string of the molecule is COCCN=c1scc(-c2ccccc2)n1/N=C/c1cc(OC)c(O)c(OC)c1. The van der Waals surface area contributed by atoms with Gasteiger partial charge in [0.25, 0.3) is 0 Å². The number of aromatic nitrogens is 1. The molecule has 0 spiro atoms. The van der Waals surface area contributed by atoms with Gasteiger partial charge in [0.05, 0.1) is 39.3 Å². The van der Waals surface area contributed by atoms with Crippen LogP contribution < -0.4 is 14.3 Å². The van der Waals surface area contributed by atoms with Crippen molar-refractivity contribution in [3.8, 4) is 28.5 Å². The van der Waals surface area contributed by atoms with E-state index in [-0.39, 0.29) is 5.75 Å². The summed E-state index contributed by atoms with van der Waals surface area (Å²) >= 11 is 1.51. The molecule has 0 aliphatic carbocycles. The summed E-state index contributed by atoms with van der Waals surface area (Å²) in [5.74, 6) is 0.583. The van der Waals surface area contributed by atoms with Crippen molar-refractivity contribution < 1.29 is 19.3 Å². The minimum absolute atomic E-state index is 0.0458. The van der Waals surface area contributed by atoms with Gasteiger partial charge < -0.3 is 19.3 Å². The molecule has 0 saturated heterocycles. The van der Waals surface area contributed by atoms with E-state index in [1.165, 1.54) is 25.6 Å². The van der Waals surface area contributed by atoms with Gasteiger partial charge in [0.15, 0.2) is 11.5 Å². The molecule has 0 aliphatic rings. The molecule has 7 nitrogen and oxygen atoms in total. The summed E-state index contributed by atoms with van der Waals surface area (Å²) in [6.07, 6.45) is 1.68. The second kappa shape index (κ2) is 9.90. The molecular weight excluding hydrogens is 390 g/mol. The van der Waals surface area contributed by atoms with Gasteiger partial charge in [0.2, 0.25) is 10.6 Å². The van der Waals surface area contributed by atoms with Crippen molar-refractivity contribution in [1.29, 1.82) is 0 Å². The van der Waals surface area contributed by atoms with Crippen molar-refractivity contribution in [2.24, 2.45) is 10.1 Å². The van der Waals surface area contributed by atoms with E-state index in [4.69, 9.17) is 14.2 Å². The quantitative estimate of drug-likeness (QED) is 0.454. The molecule has 152 valence electrons. The molecule has 0 saturated carbocycles. The fraction of sp³-hybridized carbons (Fsp3) is 0.238. The average molecular weight is 413 g/mol. The van der Waals surface area contributed by atoms with Crippen molar-refractivity contribution >= 4 is 17.6 Å². The molecule has 8 heteroatoms. The lowest BCUT2D eigenvalue weighted by Crippen LogP contribution is -2.13. The average Bonchev–Trinajstić information content (AvgIpc) is 3.16. The number of rotatable bonds is 8. The van der Waals surface area contributed by atoms with Crippen molar-refractivity contribution in [3.05, 3.63) is 58.2 Å². The molecule has 1 aromatic heterocycles. The zero-order valence-electron chi connectivity index (χ0n) is 16.5. The number of phenolic OH excluding ortho intramolecular Hbond substituents is 1. The monoisotopic (exact) mass is 413 g/mol. The smallest absolute Gasteiger partial charge is 0.206 e. The zero-order valence-corrected chi connectivity index (χ0v) is 17.3. The third-order valence-corrected chi connectivity index (χ3v) is 4.98. The van der Waals surface area contributed by atoms with Gasteiger partial charge in [0, 0.05) is 23.6 Å². The van der Waals surface area contributed by atoms with Gasteiger partial charge in [-0.3, -0.25) is 4.99 Å². The van der Waals surface area contributed by atoms with Gasteiger partial charge >= 0.3 is 0 Å². The number of phenols is 1. The highest BCUT2D eigenvalue weighted by molar-refractivity contribution is 7.07. The molecule has 29 heavy (non-hydrogen) atoms. The van der Waals surface area contributed by atoms with Crippen LogP contribution in [0.15, 0.2) is 57.9 Å². The molecule has 1 heterocycles. The molecule has 0 amide bonds.